The van der Waals surface area contributed by atoms with E-state index in [9.17, 15) is 9.90 Å². The number of aromatic amines is 1. The molecule has 3 rings (SSSR count). The number of carboxylic acids is 1. The van der Waals surface area contributed by atoms with Gasteiger partial charge in [-0.15, -0.1) is 0 Å². The monoisotopic (exact) mass is 323 g/mol. The van der Waals surface area contributed by atoms with Crippen molar-refractivity contribution in [3.05, 3.63) is 33.9 Å². The van der Waals surface area contributed by atoms with Gasteiger partial charge in [-0.2, -0.15) is 0 Å². The fourth-order valence-electron chi connectivity index (χ4n) is 2.86. The van der Waals surface area contributed by atoms with E-state index in [0.29, 0.717) is 18.7 Å². The van der Waals surface area contributed by atoms with Crippen LogP contribution in [0.15, 0.2) is 22.7 Å². The second kappa shape index (κ2) is 4.35. The van der Waals surface area contributed by atoms with Crippen molar-refractivity contribution in [2.75, 3.05) is 6.61 Å². The van der Waals surface area contributed by atoms with Crippen molar-refractivity contribution >= 4 is 32.8 Å². The van der Waals surface area contributed by atoms with Crippen LogP contribution in [0.3, 0.4) is 0 Å². The standard InChI is InChI=1S/C14H14BrNO3/c1-2-14(13(17)18)12-8(6-7-19-14)11-9(15)4-3-5-10(11)16-12/h3-5,16H,2,6-7H2,1H3,(H,17,18). The molecule has 0 amide bonds. The van der Waals surface area contributed by atoms with Gasteiger partial charge in [-0.1, -0.05) is 28.9 Å². The van der Waals surface area contributed by atoms with Crippen molar-refractivity contribution in [3.63, 3.8) is 0 Å². The maximum absolute atomic E-state index is 11.7. The van der Waals surface area contributed by atoms with Crippen LogP contribution in [0.5, 0.6) is 0 Å². The minimum atomic E-state index is -1.24. The highest BCUT2D eigenvalue weighted by molar-refractivity contribution is 9.10. The van der Waals surface area contributed by atoms with Crippen LogP contribution in [-0.2, 0) is 21.6 Å². The zero-order chi connectivity index (χ0) is 13.6. The molecule has 5 heteroatoms. The summed E-state index contributed by atoms with van der Waals surface area (Å²) in [6.07, 6.45) is 1.13. The minimum absolute atomic E-state index is 0.403. The summed E-state index contributed by atoms with van der Waals surface area (Å²) in [5.41, 5.74) is 1.45. The first-order valence-electron chi connectivity index (χ1n) is 6.27. The second-order valence-corrected chi connectivity index (χ2v) is 5.58. The SMILES string of the molecule is CCC1(C(=O)O)OCCc2c1[nH]c1cccc(Br)c21. The normalized spacial score (nSPS) is 22.4. The Labute approximate surface area is 118 Å². The molecule has 2 N–H and O–H groups in total. The predicted octanol–water partition coefficient (Wildman–Crippen LogP) is 3.19. The Balaban J connectivity index is 2.35. The molecule has 1 aromatic heterocycles. The first-order chi connectivity index (χ1) is 9.10. The molecule has 0 aliphatic carbocycles. The van der Waals surface area contributed by atoms with Gasteiger partial charge in [-0.25, -0.2) is 4.79 Å². The molecule has 0 spiro atoms. The van der Waals surface area contributed by atoms with Crippen molar-refractivity contribution in [1.82, 2.24) is 4.98 Å². The number of rotatable bonds is 2. The summed E-state index contributed by atoms with van der Waals surface area (Å²) in [4.78, 5) is 14.9. The third kappa shape index (κ3) is 1.65. The average molecular weight is 324 g/mol. The number of hydrogen-bond donors (Lipinski definition) is 2. The Morgan fingerprint density at radius 1 is 1.58 bits per heavy atom. The van der Waals surface area contributed by atoms with Gasteiger partial charge in [0.25, 0.3) is 0 Å². The molecule has 1 unspecified atom stereocenters. The van der Waals surface area contributed by atoms with E-state index in [1.54, 1.807) is 0 Å². The van der Waals surface area contributed by atoms with Gasteiger partial charge in [0.1, 0.15) is 0 Å². The first-order valence-corrected chi connectivity index (χ1v) is 7.06. The Kier molecular flexibility index (Phi) is 2.91. The zero-order valence-corrected chi connectivity index (χ0v) is 12.1. The number of halogens is 1. The Hall–Kier alpha value is -1.33. The van der Waals surface area contributed by atoms with E-state index in [-0.39, 0.29) is 0 Å². The average Bonchev–Trinajstić information content (AvgIpc) is 2.78. The van der Waals surface area contributed by atoms with Crippen LogP contribution < -0.4 is 0 Å². The zero-order valence-electron chi connectivity index (χ0n) is 10.5. The Morgan fingerprint density at radius 3 is 3.05 bits per heavy atom. The number of hydrogen-bond acceptors (Lipinski definition) is 2. The van der Waals surface area contributed by atoms with Crippen molar-refractivity contribution in [2.45, 2.75) is 25.4 Å². The van der Waals surface area contributed by atoms with Crippen LogP contribution >= 0.6 is 15.9 Å². The lowest BCUT2D eigenvalue weighted by Crippen LogP contribution is -2.42. The molecule has 2 aromatic rings. The lowest BCUT2D eigenvalue weighted by Gasteiger charge is -2.32. The molecule has 1 atom stereocenters. The maximum Gasteiger partial charge on any atom is 0.342 e. The van der Waals surface area contributed by atoms with Crippen molar-refractivity contribution < 1.29 is 14.6 Å². The van der Waals surface area contributed by atoms with Crippen LogP contribution in [0.2, 0.25) is 0 Å². The van der Waals surface area contributed by atoms with E-state index >= 15 is 0 Å². The number of ether oxygens (including phenoxy) is 1. The van der Waals surface area contributed by atoms with Crippen molar-refractivity contribution in [3.8, 4) is 0 Å². The fourth-order valence-corrected chi connectivity index (χ4v) is 3.47. The summed E-state index contributed by atoms with van der Waals surface area (Å²) in [6.45, 7) is 2.27. The van der Waals surface area contributed by atoms with Gasteiger partial charge in [0.15, 0.2) is 0 Å². The van der Waals surface area contributed by atoms with Gasteiger partial charge in [0.05, 0.1) is 12.3 Å². The summed E-state index contributed by atoms with van der Waals surface area (Å²) >= 11 is 3.54. The van der Waals surface area contributed by atoms with Crippen LogP contribution in [-0.4, -0.2) is 22.7 Å². The molecule has 0 fully saturated rings. The third-order valence-corrected chi connectivity index (χ3v) is 4.49. The van der Waals surface area contributed by atoms with E-state index < -0.39 is 11.6 Å². The second-order valence-electron chi connectivity index (χ2n) is 4.73. The quantitative estimate of drug-likeness (QED) is 0.892. The van der Waals surface area contributed by atoms with Crippen LogP contribution in [0, 0.1) is 0 Å². The number of carboxylic acid groups (broad SMARTS) is 1. The molecular formula is C14H14BrNO3. The molecule has 0 saturated carbocycles. The summed E-state index contributed by atoms with van der Waals surface area (Å²) in [7, 11) is 0. The van der Waals surface area contributed by atoms with Gasteiger partial charge in [-0.3, -0.25) is 0 Å². The molecule has 1 aromatic carbocycles. The summed E-state index contributed by atoms with van der Waals surface area (Å²) < 4.78 is 6.61. The summed E-state index contributed by atoms with van der Waals surface area (Å²) in [5.74, 6) is -0.932. The van der Waals surface area contributed by atoms with Crippen LogP contribution in [0.25, 0.3) is 10.9 Å². The Morgan fingerprint density at radius 2 is 2.37 bits per heavy atom. The Bertz CT molecular complexity index is 664. The number of fused-ring (bicyclic) bond motifs is 3. The number of carbonyl (C=O) groups is 1. The molecule has 0 radical (unpaired) electrons. The molecule has 19 heavy (non-hydrogen) atoms. The molecule has 1 aliphatic heterocycles. The topological polar surface area (TPSA) is 62.3 Å². The number of aliphatic carboxylic acids is 1. The van der Waals surface area contributed by atoms with Gasteiger partial charge < -0.3 is 14.8 Å². The number of aromatic nitrogens is 1. The largest absolute Gasteiger partial charge is 0.479 e. The first kappa shape index (κ1) is 12.7. The molecule has 1 aliphatic rings. The van der Waals surface area contributed by atoms with E-state index in [0.717, 1.165) is 27.4 Å². The number of benzene rings is 1. The van der Waals surface area contributed by atoms with E-state index in [1.807, 2.05) is 25.1 Å². The molecule has 2 heterocycles. The lowest BCUT2D eigenvalue weighted by molar-refractivity contribution is -0.171. The van der Waals surface area contributed by atoms with Crippen molar-refractivity contribution in [2.24, 2.45) is 0 Å². The number of nitrogens with one attached hydrogen (secondary N) is 1. The summed E-state index contributed by atoms with van der Waals surface area (Å²) in [5, 5.41) is 10.6. The van der Waals surface area contributed by atoms with Gasteiger partial charge in [-0.05, 0) is 30.5 Å². The third-order valence-electron chi connectivity index (χ3n) is 3.82. The molecule has 100 valence electrons. The molecular weight excluding hydrogens is 310 g/mol. The molecule has 0 saturated heterocycles. The molecule has 4 nitrogen and oxygen atoms in total. The van der Waals surface area contributed by atoms with Crippen LogP contribution in [0.1, 0.15) is 24.6 Å². The highest BCUT2D eigenvalue weighted by Gasteiger charge is 2.45. The van der Waals surface area contributed by atoms with E-state index in [4.69, 9.17) is 4.74 Å². The highest BCUT2D eigenvalue weighted by Crippen LogP contribution is 2.41. The predicted molar refractivity (Wildman–Crippen MR) is 75.3 cm³/mol. The van der Waals surface area contributed by atoms with Crippen LogP contribution in [0.4, 0.5) is 0 Å². The maximum atomic E-state index is 11.7. The lowest BCUT2D eigenvalue weighted by atomic mass is 9.89. The van der Waals surface area contributed by atoms with Gasteiger partial charge >= 0.3 is 5.97 Å². The van der Waals surface area contributed by atoms with Gasteiger partial charge in [0, 0.05) is 15.4 Å². The molecule has 0 bridgehead atoms. The van der Waals surface area contributed by atoms with Crippen molar-refractivity contribution in [1.29, 1.82) is 0 Å². The fraction of sp³-hybridized carbons (Fsp3) is 0.357. The smallest absolute Gasteiger partial charge is 0.342 e. The van der Waals surface area contributed by atoms with Gasteiger partial charge in [0.2, 0.25) is 5.60 Å². The summed E-state index contributed by atoms with van der Waals surface area (Å²) in [6, 6.07) is 5.87. The van der Waals surface area contributed by atoms with E-state index in [2.05, 4.69) is 20.9 Å². The number of H-pyrrole nitrogens is 1. The highest BCUT2D eigenvalue weighted by atomic mass is 79.9. The minimum Gasteiger partial charge on any atom is -0.479 e. The van der Waals surface area contributed by atoms with E-state index in [1.165, 1.54) is 0 Å².